The van der Waals surface area contributed by atoms with Gasteiger partial charge in [-0.15, -0.1) is 0 Å². The zero-order valence-corrected chi connectivity index (χ0v) is 13.9. The zero-order valence-electron chi connectivity index (χ0n) is 13.9. The van der Waals surface area contributed by atoms with Crippen LogP contribution in [0.3, 0.4) is 0 Å². The van der Waals surface area contributed by atoms with Crippen LogP contribution in [-0.4, -0.2) is 35.4 Å². The van der Waals surface area contributed by atoms with E-state index in [-0.39, 0.29) is 23.3 Å². The van der Waals surface area contributed by atoms with Crippen molar-refractivity contribution < 1.29 is 18.7 Å². The van der Waals surface area contributed by atoms with Crippen LogP contribution in [0.25, 0.3) is 0 Å². The van der Waals surface area contributed by atoms with Crippen molar-refractivity contribution in [2.75, 3.05) is 19.6 Å². The fourth-order valence-corrected chi connectivity index (χ4v) is 3.29. The van der Waals surface area contributed by atoms with Crippen molar-refractivity contribution in [3.63, 3.8) is 0 Å². The lowest BCUT2D eigenvalue weighted by Gasteiger charge is -2.34. The van der Waals surface area contributed by atoms with E-state index in [0.717, 1.165) is 31.5 Å². The molecule has 1 unspecified atom stereocenters. The predicted molar refractivity (Wildman–Crippen MR) is 91.3 cm³/mol. The van der Waals surface area contributed by atoms with Gasteiger partial charge in [0.25, 0.3) is 0 Å². The van der Waals surface area contributed by atoms with Crippen LogP contribution < -0.4 is 0 Å². The third-order valence-electron chi connectivity index (χ3n) is 4.82. The van der Waals surface area contributed by atoms with Crippen molar-refractivity contribution in [1.29, 1.82) is 0 Å². The van der Waals surface area contributed by atoms with Gasteiger partial charge in [-0.05, 0) is 73.8 Å². The van der Waals surface area contributed by atoms with Crippen LogP contribution in [-0.2, 0) is 0 Å². The van der Waals surface area contributed by atoms with Crippen LogP contribution >= 0.6 is 0 Å². The Hall–Kier alpha value is -2.11. The lowest BCUT2D eigenvalue weighted by atomic mass is 9.87. The molecule has 2 aromatic carbocycles. The topological polar surface area (TPSA) is 40.5 Å². The summed E-state index contributed by atoms with van der Waals surface area (Å²) in [4.78, 5) is 14.3. The first-order valence-electron chi connectivity index (χ1n) is 8.47. The van der Waals surface area contributed by atoms with Gasteiger partial charge in [0.1, 0.15) is 11.6 Å². The molecule has 1 atom stereocenters. The van der Waals surface area contributed by atoms with Gasteiger partial charge in [-0.1, -0.05) is 12.1 Å². The number of ketones is 1. The van der Waals surface area contributed by atoms with E-state index in [2.05, 4.69) is 4.90 Å². The highest BCUT2D eigenvalue weighted by atomic mass is 19.1. The number of halogens is 2. The van der Waals surface area contributed by atoms with E-state index >= 15 is 0 Å². The number of piperidine rings is 1. The van der Waals surface area contributed by atoms with Gasteiger partial charge in [-0.2, -0.15) is 0 Å². The van der Waals surface area contributed by atoms with Crippen LogP contribution in [0.1, 0.15) is 34.9 Å². The van der Waals surface area contributed by atoms with Gasteiger partial charge in [-0.25, -0.2) is 8.78 Å². The Kier molecular flexibility index (Phi) is 5.56. The molecule has 0 amide bonds. The minimum Gasteiger partial charge on any atom is -0.388 e. The van der Waals surface area contributed by atoms with Gasteiger partial charge >= 0.3 is 0 Å². The fraction of sp³-hybridized carbons (Fsp3) is 0.350. The molecule has 5 heteroatoms. The SMILES string of the molecule is O=C(CN1CCC(C(O)c2ccc(F)cc2)CC1)c1ccc(F)cc1. The van der Waals surface area contributed by atoms with Crippen LogP contribution in [0.2, 0.25) is 0 Å². The van der Waals surface area contributed by atoms with Gasteiger partial charge in [0.15, 0.2) is 5.78 Å². The molecule has 0 radical (unpaired) electrons. The minimum atomic E-state index is -0.615. The van der Waals surface area contributed by atoms with Crippen molar-refractivity contribution in [2.45, 2.75) is 18.9 Å². The van der Waals surface area contributed by atoms with Gasteiger partial charge in [-0.3, -0.25) is 9.69 Å². The Balaban J connectivity index is 1.52. The molecule has 25 heavy (non-hydrogen) atoms. The average Bonchev–Trinajstić information content (AvgIpc) is 2.63. The second-order valence-electron chi connectivity index (χ2n) is 6.54. The normalized spacial score (nSPS) is 17.4. The quantitative estimate of drug-likeness (QED) is 0.842. The number of hydrogen-bond donors (Lipinski definition) is 1. The molecular formula is C20H21F2NO2. The molecule has 0 bridgehead atoms. The Bertz CT molecular complexity index is 707. The standard InChI is InChI=1S/C20H21F2NO2/c21-17-5-1-14(2-6-17)19(24)13-23-11-9-16(10-12-23)20(25)15-3-7-18(22)8-4-15/h1-8,16,20,25H,9-13H2. The molecule has 0 aliphatic carbocycles. The van der Waals surface area contributed by atoms with E-state index in [1.165, 1.54) is 36.4 Å². The number of carbonyl (C=O) groups is 1. The maximum atomic E-state index is 13.0. The Morgan fingerprint density at radius 1 is 1.00 bits per heavy atom. The lowest BCUT2D eigenvalue weighted by molar-refractivity contribution is 0.0563. The summed E-state index contributed by atoms with van der Waals surface area (Å²) in [6.45, 7) is 1.73. The fourth-order valence-electron chi connectivity index (χ4n) is 3.29. The first-order valence-corrected chi connectivity index (χ1v) is 8.47. The molecule has 3 rings (SSSR count). The molecule has 1 heterocycles. The number of rotatable bonds is 5. The van der Waals surface area contributed by atoms with Crippen molar-refractivity contribution in [1.82, 2.24) is 4.90 Å². The molecular weight excluding hydrogens is 324 g/mol. The van der Waals surface area contributed by atoms with Crippen LogP contribution in [0, 0.1) is 17.6 Å². The number of hydrogen-bond acceptors (Lipinski definition) is 3. The molecule has 3 nitrogen and oxygen atoms in total. The molecule has 2 aromatic rings. The summed E-state index contributed by atoms with van der Waals surface area (Å²) in [5.41, 5.74) is 1.23. The maximum absolute atomic E-state index is 13.0. The highest BCUT2D eigenvalue weighted by Crippen LogP contribution is 2.30. The smallest absolute Gasteiger partial charge is 0.176 e. The van der Waals surface area contributed by atoms with E-state index < -0.39 is 6.10 Å². The number of nitrogens with zero attached hydrogens (tertiary/aromatic N) is 1. The Morgan fingerprint density at radius 3 is 2.08 bits per heavy atom. The molecule has 0 spiro atoms. The van der Waals surface area contributed by atoms with E-state index in [1.54, 1.807) is 12.1 Å². The Morgan fingerprint density at radius 2 is 1.52 bits per heavy atom. The summed E-state index contributed by atoms with van der Waals surface area (Å²) in [6.07, 6.45) is 0.931. The minimum absolute atomic E-state index is 0.0301. The third kappa shape index (κ3) is 4.50. The molecule has 0 saturated carbocycles. The van der Waals surface area contributed by atoms with Crippen molar-refractivity contribution in [3.05, 3.63) is 71.3 Å². The summed E-state index contributed by atoms with van der Waals surface area (Å²) in [7, 11) is 0. The summed E-state index contributed by atoms with van der Waals surface area (Å²) < 4.78 is 25.9. The molecule has 1 aliphatic heterocycles. The zero-order chi connectivity index (χ0) is 17.8. The molecule has 1 saturated heterocycles. The number of carbonyl (C=O) groups excluding carboxylic acids is 1. The molecule has 1 fully saturated rings. The van der Waals surface area contributed by atoms with Crippen LogP contribution in [0.4, 0.5) is 8.78 Å². The Labute approximate surface area is 145 Å². The highest BCUT2D eigenvalue weighted by molar-refractivity contribution is 5.97. The first kappa shape index (κ1) is 17.7. The largest absolute Gasteiger partial charge is 0.388 e. The summed E-state index contributed by atoms with van der Waals surface area (Å²) in [5.74, 6) is -0.600. The highest BCUT2D eigenvalue weighted by Gasteiger charge is 2.27. The van der Waals surface area contributed by atoms with Crippen LogP contribution in [0.15, 0.2) is 48.5 Å². The first-order chi connectivity index (χ1) is 12.0. The summed E-state index contributed by atoms with van der Waals surface area (Å²) >= 11 is 0. The molecule has 1 aliphatic rings. The van der Waals surface area contributed by atoms with E-state index in [1.807, 2.05) is 0 Å². The second-order valence-corrected chi connectivity index (χ2v) is 6.54. The molecule has 1 N–H and O–H groups in total. The second kappa shape index (κ2) is 7.85. The number of aliphatic hydroxyl groups excluding tert-OH is 1. The van der Waals surface area contributed by atoms with E-state index in [4.69, 9.17) is 0 Å². The average molecular weight is 345 g/mol. The number of aliphatic hydroxyl groups is 1. The van der Waals surface area contributed by atoms with Gasteiger partial charge in [0, 0.05) is 5.56 Å². The van der Waals surface area contributed by atoms with Gasteiger partial charge < -0.3 is 5.11 Å². The van der Waals surface area contributed by atoms with E-state index in [9.17, 15) is 18.7 Å². The number of likely N-dealkylation sites (tertiary alicyclic amines) is 1. The van der Waals surface area contributed by atoms with Crippen molar-refractivity contribution in [2.24, 2.45) is 5.92 Å². The van der Waals surface area contributed by atoms with Crippen molar-refractivity contribution >= 4 is 5.78 Å². The lowest BCUT2D eigenvalue weighted by Crippen LogP contribution is -2.38. The monoisotopic (exact) mass is 345 g/mol. The van der Waals surface area contributed by atoms with Crippen LogP contribution in [0.5, 0.6) is 0 Å². The number of benzene rings is 2. The number of Topliss-reactive ketones (excluding diaryl/α,β-unsaturated/α-hetero) is 1. The van der Waals surface area contributed by atoms with Gasteiger partial charge in [0.2, 0.25) is 0 Å². The predicted octanol–water partition coefficient (Wildman–Crippen LogP) is 3.59. The summed E-state index contributed by atoms with van der Waals surface area (Å²) in [6, 6.07) is 11.5. The van der Waals surface area contributed by atoms with Crippen molar-refractivity contribution in [3.8, 4) is 0 Å². The maximum Gasteiger partial charge on any atom is 0.176 e. The van der Waals surface area contributed by atoms with E-state index in [0.29, 0.717) is 12.1 Å². The molecule has 0 aromatic heterocycles. The molecule has 132 valence electrons. The third-order valence-corrected chi connectivity index (χ3v) is 4.82. The van der Waals surface area contributed by atoms with Gasteiger partial charge in [0.05, 0.1) is 12.6 Å². The summed E-state index contributed by atoms with van der Waals surface area (Å²) in [5, 5.41) is 10.5.